The Bertz CT molecular complexity index is 756. The summed E-state index contributed by atoms with van der Waals surface area (Å²) in [6.45, 7) is 2.15. The summed E-state index contributed by atoms with van der Waals surface area (Å²) in [6, 6.07) is 0. The number of fused-ring (bicyclic) bond motifs is 1. The normalized spacial score (nSPS) is 11.1. The van der Waals surface area contributed by atoms with Crippen LogP contribution in [0.15, 0.2) is 9.59 Å². The number of aromatic nitrogens is 2. The Balaban J connectivity index is 2.76. The molecule has 0 amide bonds. The number of carboxylic acids is 1. The zero-order chi connectivity index (χ0) is 14.2. The first-order valence-electron chi connectivity index (χ1n) is 5.67. The zero-order valence-corrected chi connectivity index (χ0v) is 11.0. The predicted octanol–water partition coefficient (Wildman–Crippen LogP) is 0.107. The van der Waals surface area contributed by atoms with Gasteiger partial charge in [0.15, 0.2) is 0 Å². The molecule has 102 valence electrons. The van der Waals surface area contributed by atoms with Gasteiger partial charge in [0, 0.05) is 6.54 Å². The van der Waals surface area contributed by atoms with E-state index in [-0.39, 0.29) is 16.8 Å². The smallest absolute Gasteiger partial charge is 0.346 e. The van der Waals surface area contributed by atoms with Crippen molar-refractivity contribution in [3.05, 3.63) is 31.3 Å². The fraction of sp³-hybridized carbons (Fsp3) is 0.364. The molecule has 2 aromatic rings. The number of carbonyl (C=O) groups is 1. The Morgan fingerprint density at radius 2 is 2.16 bits per heavy atom. The molecule has 19 heavy (non-hydrogen) atoms. The molecule has 0 aliphatic carbocycles. The predicted molar refractivity (Wildman–Crippen MR) is 72.1 cm³/mol. The molecule has 0 radical (unpaired) electrons. The molecule has 0 spiro atoms. The number of carboxylic acid groups (broad SMARTS) is 1. The largest absolute Gasteiger partial charge is 0.477 e. The van der Waals surface area contributed by atoms with Crippen LogP contribution in [0.5, 0.6) is 0 Å². The Kier molecular flexibility index (Phi) is 3.54. The van der Waals surface area contributed by atoms with Crippen LogP contribution in [0.1, 0.15) is 21.7 Å². The molecular formula is C11H13N3O4S. The van der Waals surface area contributed by atoms with Gasteiger partial charge >= 0.3 is 11.7 Å². The average Bonchev–Trinajstić information content (AvgIpc) is 2.66. The quantitative estimate of drug-likeness (QED) is 0.735. The van der Waals surface area contributed by atoms with Gasteiger partial charge < -0.3 is 10.8 Å². The van der Waals surface area contributed by atoms with Gasteiger partial charge in [-0.15, -0.1) is 11.3 Å². The highest BCUT2D eigenvalue weighted by Crippen LogP contribution is 2.25. The highest BCUT2D eigenvalue weighted by Gasteiger charge is 2.19. The maximum Gasteiger partial charge on any atom is 0.346 e. The molecule has 0 aromatic carbocycles. The van der Waals surface area contributed by atoms with E-state index in [0.29, 0.717) is 23.4 Å². The second-order valence-electron chi connectivity index (χ2n) is 4.09. The number of aryl methyl sites for hydroxylation is 1. The van der Waals surface area contributed by atoms with Crippen molar-refractivity contribution in [3.8, 4) is 0 Å². The third-order valence-corrected chi connectivity index (χ3v) is 4.05. The first-order chi connectivity index (χ1) is 8.97. The van der Waals surface area contributed by atoms with Gasteiger partial charge in [-0.1, -0.05) is 0 Å². The summed E-state index contributed by atoms with van der Waals surface area (Å²) in [5.74, 6) is -1.10. The summed E-state index contributed by atoms with van der Waals surface area (Å²) in [5.41, 5.74) is 4.74. The molecule has 2 heterocycles. The summed E-state index contributed by atoms with van der Waals surface area (Å²) in [7, 11) is 0. The average molecular weight is 283 g/mol. The Morgan fingerprint density at radius 1 is 1.47 bits per heavy atom. The van der Waals surface area contributed by atoms with Gasteiger partial charge in [0.1, 0.15) is 9.71 Å². The van der Waals surface area contributed by atoms with E-state index in [2.05, 4.69) is 4.98 Å². The second kappa shape index (κ2) is 4.98. The third-order valence-electron chi connectivity index (χ3n) is 2.85. The standard InChI is InChI=1S/C11H13N3O4S/c1-5-6-8(19-7(5)10(16)17)13-11(18)14(9(6)15)4-2-3-12/h2-4,12H2,1H3,(H,13,18)(H,16,17). The fourth-order valence-corrected chi connectivity index (χ4v) is 2.93. The van der Waals surface area contributed by atoms with Crippen LogP contribution in [0, 0.1) is 6.92 Å². The Morgan fingerprint density at radius 3 is 2.74 bits per heavy atom. The molecule has 0 aliphatic rings. The zero-order valence-electron chi connectivity index (χ0n) is 10.2. The Hall–Kier alpha value is -1.93. The molecule has 0 bridgehead atoms. The molecule has 7 nitrogen and oxygen atoms in total. The molecule has 0 atom stereocenters. The van der Waals surface area contributed by atoms with E-state index >= 15 is 0 Å². The molecule has 8 heteroatoms. The minimum absolute atomic E-state index is 0.0688. The number of thiophene rings is 1. The van der Waals surface area contributed by atoms with Crippen LogP contribution in [0.25, 0.3) is 10.2 Å². The molecule has 0 fully saturated rings. The molecule has 2 rings (SSSR count). The number of rotatable bonds is 4. The first-order valence-corrected chi connectivity index (χ1v) is 6.48. The molecule has 0 saturated heterocycles. The molecule has 0 saturated carbocycles. The van der Waals surface area contributed by atoms with Gasteiger partial charge in [-0.2, -0.15) is 0 Å². The maximum absolute atomic E-state index is 12.2. The molecule has 0 aliphatic heterocycles. The van der Waals surface area contributed by atoms with Crippen molar-refractivity contribution in [3.63, 3.8) is 0 Å². The number of aromatic amines is 1. The van der Waals surface area contributed by atoms with E-state index in [1.165, 1.54) is 0 Å². The number of hydrogen-bond donors (Lipinski definition) is 3. The summed E-state index contributed by atoms with van der Waals surface area (Å²) in [5, 5.41) is 9.29. The van der Waals surface area contributed by atoms with Gasteiger partial charge in [-0.3, -0.25) is 14.3 Å². The van der Waals surface area contributed by atoms with Gasteiger partial charge in [-0.25, -0.2) is 9.59 Å². The molecule has 2 aromatic heterocycles. The van der Waals surface area contributed by atoms with E-state index in [1.54, 1.807) is 6.92 Å². The fourth-order valence-electron chi connectivity index (χ4n) is 1.91. The van der Waals surface area contributed by atoms with Crippen LogP contribution in [0.3, 0.4) is 0 Å². The van der Waals surface area contributed by atoms with Gasteiger partial charge in [0.2, 0.25) is 0 Å². The van der Waals surface area contributed by atoms with E-state index in [9.17, 15) is 14.4 Å². The van der Waals surface area contributed by atoms with E-state index < -0.39 is 17.2 Å². The van der Waals surface area contributed by atoms with Crippen LogP contribution in [0.4, 0.5) is 0 Å². The lowest BCUT2D eigenvalue weighted by Crippen LogP contribution is -2.35. The van der Waals surface area contributed by atoms with Gasteiger partial charge in [0.25, 0.3) is 5.56 Å². The van der Waals surface area contributed by atoms with Crippen molar-refractivity contribution in [1.29, 1.82) is 0 Å². The van der Waals surface area contributed by atoms with Crippen LogP contribution in [-0.4, -0.2) is 27.2 Å². The van der Waals surface area contributed by atoms with Crippen LogP contribution >= 0.6 is 11.3 Å². The monoisotopic (exact) mass is 283 g/mol. The summed E-state index contributed by atoms with van der Waals surface area (Å²) < 4.78 is 1.06. The lowest BCUT2D eigenvalue weighted by atomic mass is 10.2. The Labute approximate surface area is 111 Å². The molecule has 0 unspecified atom stereocenters. The van der Waals surface area contributed by atoms with Crippen molar-refractivity contribution in [2.75, 3.05) is 6.54 Å². The minimum atomic E-state index is -1.10. The number of H-pyrrole nitrogens is 1. The van der Waals surface area contributed by atoms with E-state index in [1.807, 2.05) is 0 Å². The molecule has 4 N–H and O–H groups in total. The van der Waals surface area contributed by atoms with Crippen molar-refractivity contribution >= 4 is 27.5 Å². The summed E-state index contributed by atoms with van der Waals surface area (Å²) in [6.07, 6.45) is 0.503. The number of nitrogens with two attached hydrogens (primary N) is 1. The highest BCUT2D eigenvalue weighted by molar-refractivity contribution is 7.20. The van der Waals surface area contributed by atoms with Gasteiger partial charge in [0.05, 0.1) is 5.39 Å². The number of nitrogens with one attached hydrogen (secondary N) is 1. The summed E-state index contributed by atoms with van der Waals surface area (Å²) in [4.78, 5) is 38.0. The highest BCUT2D eigenvalue weighted by atomic mass is 32.1. The second-order valence-corrected chi connectivity index (χ2v) is 5.12. The summed E-state index contributed by atoms with van der Waals surface area (Å²) >= 11 is 0.900. The maximum atomic E-state index is 12.2. The number of nitrogens with zero attached hydrogens (tertiary/aromatic N) is 1. The van der Waals surface area contributed by atoms with Crippen LogP contribution < -0.4 is 17.0 Å². The molecular weight excluding hydrogens is 270 g/mol. The van der Waals surface area contributed by atoms with E-state index in [0.717, 1.165) is 15.9 Å². The topological polar surface area (TPSA) is 118 Å². The first kappa shape index (κ1) is 13.5. The lowest BCUT2D eigenvalue weighted by molar-refractivity contribution is 0.0701. The van der Waals surface area contributed by atoms with Crippen molar-refractivity contribution in [1.82, 2.24) is 9.55 Å². The van der Waals surface area contributed by atoms with Gasteiger partial charge in [-0.05, 0) is 25.5 Å². The van der Waals surface area contributed by atoms with Crippen molar-refractivity contribution < 1.29 is 9.90 Å². The van der Waals surface area contributed by atoms with Crippen molar-refractivity contribution in [2.45, 2.75) is 19.9 Å². The van der Waals surface area contributed by atoms with Crippen LogP contribution in [0.2, 0.25) is 0 Å². The number of aromatic carboxylic acids is 1. The third kappa shape index (κ3) is 2.20. The van der Waals surface area contributed by atoms with E-state index in [4.69, 9.17) is 10.8 Å². The SMILES string of the molecule is Cc1c(C(=O)O)sc2[nH]c(=O)n(CCCN)c(=O)c12. The number of hydrogen-bond acceptors (Lipinski definition) is 5. The minimum Gasteiger partial charge on any atom is -0.477 e. The van der Waals surface area contributed by atoms with Crippen molar-refractivity contribution in [2.24, 2.45) is 5.73 Å². The van der Waals surface area contributed by atoms with Crippen LogP contribution in [-0.2, 0) is 6.54 Å². The lowest BCUT2D eigenvalue weighted by Gasteiger charge is -2.03.